The van der Waals surface area contributed by atoms with Crippen molar-refractivity contribution in [3.8, 4) is 0 Å². The fourth-order valence-electron chi connectivity index (χ4n) is 1.60. The summed E-state index contributed by atoms with van der Waals surface area (Å²) in [6.45, 7) is 3.21. The van der Waals surface area contributed by atoms with Gasteiger partial charge in [-0.05, 0) is 19.4 Å². The minimum Gasteiger partial charge on any atom is -0.477 e. The summed E-state index contributed by atoms with van der Waals surface area (Å²) in [4.78, 5) is 24.8. The Kier molecular flexibility index (Phi) is 3.26. The SMILES string of the molecule is COCc1[nH]c(C(=O)O)c(C)c1C(C)=O. The Morgan fingerprint density at radius 2 is 2.07 bits per heavy atom. The second kappa shape index (κ2) is 4.27. The topological polar surface area (TPSA) is 79.4 Å². The number of carbonyl (C=O) groups is 2. The molecule has 1 heterocycles. The number of carboxylic acid groups (broad SMARTS) is 1. The van der Waals surface area contributed by atoms with Crippen molar-refractivity contribution in [1.29, 1.82) is 0 Å². The maximum Gasteiger partial charge on any atom is 0.352 e. The molecule has 0 saturated heterocycles. The molecular formula is C10H13NO4. The van der Waals surface area contributed by atoms with Crippen molar-refractivity contribution in [2.45, 2.75) is 20.5 Å². The molecule has 5 heteroatoms. The maximum absolute atomic E-state index is 11.3. The average molecular weight is 211 g/mol. The van der Waals surface area contributed by atoms with Crippen LogP contribution in [0.25, 0.3) is 0 Å². The zero-order valence-corrected chi connectivity index (χ0v) is 8.88. The van der Waals surface area contributed by atoms with Crippen molar-refractivity contribution in [1.82, 2.24) is 4.98 Å². The van der Waals surface area contributed by atoms with Crippen LogP contribution in [0, 0.1) is 6.92 Å². The van der Waals surface area contributed by atoms with Crippen LogP contribution in [0.2, 0.25) is 0 Å². The minimum absolute atomic E-state index is 0.0484. The van der Waals surface area contributed by atoms with E-state index in [1.807, 2.05) is 0 Å². The predicted molar refractivity (Wildman–Crippen MR) is 53.2 cm³/mol. The Hall–Kier alpha value is -1.62. The molecule has 5 nitrogen and oxygen atoms in total. The van der Waals surface area contributed by atoms with E-state index >= 15 is 0 Å². The zero-order chi connectivity index (χ0) is 11.6. The predicted octanol–water partition coefficient (Wildman–Crippen LogP) is 1.37. The summed E-state index contributed by atoms with van der Waals surface area (Å²) in [5.74, 6) is -1.24. The van der Waals surface area contributed by atoms with Crippen molar-refractivity contribution in [2.24, 2.45) is 0 Å². The first-order valence-corrected chi connectivity index (χ1v) is 4.43. The highest BCUT2D eigenvalue weighted by Gasteiger charge is 2.20. The van der Waals surface area contributed by atoms with Crippen molar-refractivity contribution < 1.29 is 19.4 Å². The summed E-state index contributed by atoms with van der Waals surface area (Å²) in [5.41, 5.74) is 1.43. The lowest BCUT2D eigenvalue weighted by Gasteiger charge is -1.99. The lowest BCUT2D eigenvalue weighted by Crippen LogP contribution is -2.00. The number of nitrogens with one attached hydrogen (secondary N) is 1. The fourth-order valence-corrected chi connectivity index (χ4v) is 1.60. The van der Waals surface area contributed by atoms with E-state index in [0.29, 0.717) is 16.8 Å². The monoisotopic (exact) mass is 211 g/mol. The van der Waals surface area contributed by atoms with Gasteiger partial charge >= 0.3 is 5.97 Å². The van der Waals surface area contributed by atoms with Crippen molar-refractivity contribution in [3.05, 3.63) is 22.5 Å². The Morgan fingerprint density at radius 3 is 2.47 bits per heavy atom. The number of hydrogen-bond donors (Lipinski definition) is 2. The molecule has 0 radical (unpaired) electrons. The molecule has 2 N–H and O–H groups in total. The third-order valence-electron chi connectivity index (χ3n) is 2.18. The van der Waals surface area contributed by atoms with E-state index in [-0.39, 0.29) is 18.1 Å². The normalized spacial score (nSPS) is 10.3. The molecule has 0 aliphatic carbocycles. The lowest BCUT2D eigenvalue weighted by molar-refractivity contribution is 0.0689. The molecule has 0 saturated carbocycles. The van der Waals surface area contributed by atoms with Crippen molar-refractivity contribution >= 4 is 11.8 Å². The van der Waals surface area contributed by atoms with E-state index in [4.69, 9.17) is 9.84 Å². The van der Waals surface area contributed by atoms with E-state index in [2.05, 4.69) is 4.98 Å². The summed E-state index contributed by atoms with van der Waals surface area (Å²) >= 11 is 0. The van der Waals surface area contributed by atoms with Crippen molar-refractivity contribution in [2.75, 3.05) is 7.11 Å². The average Bonchev–Trinajstić information content (AvgIpc) is 2.43. The molecule has 1 aromatic rings. The van der Waals surface area contributed by atoms with Gasteiger partial charge in [-0.3, -0.25) is 4.79 Å². The molecule has 0 atom stereocenters. The van der Waals surface area contributed by atoms with Crippen LogP contribution < -0.4 is 0 Å². The fraction of sp³-hybridized carbons (Fsp3) is 0.400. The first-order chi connectivity index (χ1) is 6.99. The summed E-state index contributed by atoms with van der Waals surface area (Å²) < 4.78 is 4.89. The summed E-state index contributed by atoms with van der Waals surface area (Å²) in [6, 6.07) is 0. The van der Waals surface area contributed by atoms with Crippen LogP contribution in [0.1, 0.15) is 39.0 Å². The van der Waals surface area contributed by atoms with Crippen LogP contribution in [-0.4, -0.2) is 29.0 Å². The van der Waals surface area contributed by atoms with Crippen LogP contribution in [0.4, 0.5) is 0 Å². The van der Waals surface area contributed by atoms with Gasteiger partial charge in [0.25, 0.3) is 0 Å². The number of H-pyrrole nitrogens is 1. The molecule has 0 amide bonds. The van der Waals surface area contributed by atoms with Gasteiger partial charge in [-0.1, -0.05) is 0 Å². The van der Waals surface area contributed by atoms with Gasteiger partial charge in [-0.2, -0.15) is 0 Å². The van der Waals surface area contributed by atoms with Crippen LogP contribution in [0.3, 0.4) is 0 Å². The molecule has 0 fully saturated rings. The molecule has 1 aromatic heterocycles. The number of aromatic nitrogens is 1. The quantitative estimate of drug-likeness (QED) is 0.737. The molecule has 0 spiro atoms. The number of ketones is 1. The van der Waals surface area contributed by atoms with Gasteiger partial charge in [0.05, 0.1) is 12.3 Å². The third kappa shape index (κ3) is 2.07. The minimum atomic E-state index is -1.07. The van der Waals surface area contributed by atoms with Crippen LogP contribution in [-0.2, 0) is 11.3 Å². The maximum atomic E-state index is 11.3. The molecule has 0 bridgehead atoms. The zero-order valence-electron chi connectivity index (χ0n) is 8.88. The molecule has 1 rings (SSSR count). The summed E-state index contributed by atoms with van der Waals surface area (Å²) in [6.07, 6.45) is 0. The number of aromatic amines is 1. The molecule has 0 aromatic carbocycles. The molecule has 0 aliphatic rings. The Morgan fingerprint density at radius 1 is 1.47 bits per heavy atom. The van der Waals surface area contributed by atoms with Crippen LogP contribution in [0.15, 0.2) is 0 Å². The van der Waals surface area contributed by atoms with Gasteiger partial charge in [0.1, 0.15) is 5.69 Å². The highest BCUT2D eigenvalue weighted by atomic mass is 16.5. The second-order valence-electron chi connectivity index (χ2n) is 3.27. The number of methoxy groups -OCH3 is 1. The van der Waals surface area contributed by atoms with Gasteiger partial charge in [-0.25, -0.2) is 4.79 Å². The largest absolute Gasteiger partial charge is 0.477 e. The van der Waals surface area contributed by atoms with Gasteiger partial charge < -0.3 is 14.8 Å². The van der Waals surface area contributed by atoms with Gasteiger partial charge in [0, 0.05) is 12.7 Å². The van der Waals surface area contributed by atoms with E-state index < -0.39 is 5.97 Å². The molecule has 0 unspecified atom stereocenters. The van der Waals surface area contributed by atoms with Crippen LogP contribution in [0.5, 0.6) is 0 Å². The molecular weight excluding hydrogens is 198 g/mol. The summed E-state index contributed by atoms with van der Waals surface area (Å²) in [7, 11) is 1.49. The standard InChI is InChI=1S/C10H13NO4/c1-5-8(6(2)12)7(4-15-3)11-9(5)10(13)14/h11H,4H2,1-3H3,(H,13,14). The number of ether oxygens (including phenoxy) is 1. The Bertz CT molecular complexity index is 406. The molecule has 0 aliphatic heterocycles. The van der Waals surface area contributed by atoms with Gasteiger partial charge in [0.2, 0.25) is 0 Å². The number of hydrogen-bond acceptors (Lipinski definition) is 3. The Balaban J connectivity index is 3.32. The van der Waals surface area contributed by atoms with E-state index in [1.54, 1.807) is 6.92 Å². The van der Waals surface area contributed by atoms with Gasteiger partial charge in [0.15, 0.2) is 5.78 Å². The number of aromatic carboxylic acids is 1. The third-order valence-corrected chi connectivity index (χ3v) is 2.18. The van der Waals surface area contributed by atoms with E-state index in [1.165, 1.54) is 14.0 Å². The first-order valence-electron chi connectivity index (χ1n) is 4.43. The molecule has 15 heavy (non-hydrogen) atoms. The molecule has 82 valence electrons. The highest BCUT2D eigenvalue weighted by molar-refractivity contribution is 6.00. The van der Waals surface area contributed by atoms with Crippen LogP contribution >= 0.6 is 0 Å². The number of rotatable bonds is 4. The summed E-state index contributed by atoms with van der Waals surface area (Å²) in [5, 5.41) is 8.87. The van der Waals surface area contributed by atoms with E-state index in [0.717, 1.165) is 0 Å². The van der Waals surface area contributed by atoms with E-state index in [9.17, 15) is 9.59 Å². The second-order valence-corrected chi connectivity index (χ2v) is 3.27. The highest BCUT2D eigenvalue weighted by Crippen LogP contribution is 2.19. The Labute approximate surface area is 87.1 Å². The van der Waals surface area contributed by atoms with Crippen molar-refractivity contribution in [3.63, 3.8) is 0 Å². The first kappa shape index (κ1) is 11.5. The number of carbonyl (C=O) groups excluding carboxylic acids is 1. The number of carboxylic acids is 1. The smallest absolute Gasteiger partial charge is 0.352 e. The lowest BCUT2D eigenvalue weighted by atomic mass is 10.1. The van der Waals surface area contributed by atoms with Gasteiger partial charge in [-0.15, -0.1) is 0 Å². The number of Topliss-reactive ketones (excluding diaryl/α,β-unsaturated/α-hetero) is 1.